The zero-order valence-corrected chi connectivity index (χ0v) is 11.4. The summed E-state index contributed by atoms with van der Waals surface area (Å²) in [5, 5.41) is 0. The Bertz CT molecular complexity index is 556. The second-order valence-corrected chi connectivity index (χ2v) is 5.39. The van der Waals surface area contributed by atoms with Gasteiger partial charge in [-0.05, 0) is 38.9 Å². The Balaban J connectivity index is 1.82. The molecule has 0 amide bonds. The molecule has 0 radical (unpaired) electrons. The van der Waals surface area contributed by atoms with Crippen LogP contribution in [0.25, 0.3) is 11.0 Å². The molecule has 19 heavy (non-hydrogen) atoms. The summed E-state index contributed by atoms with van der Waals surface area (Å²) >= 11 is 0. The first kappa shape index (κ1) is 12.4. The molecule has 1 unspecified atom stereocenters. The second kappa shape index (κ2) is 5.17. The van der Waals surface area contributed by atoms with E-state index < -0.39 is 0 Å². The maximum atomic E-state index is 6.04. The predicted molar refractivity (Wildman–Crippen MR) is 76.8 cm³/mol. The Hall–Kier alpha value is -1.62. The van der Waals surface area contributed by atoms with Crippen molar-refractivity contribution in [2.45, 2.75) is 38.8 Å². The third-order valence-electron chi connectivity index (χ3n) is 4.04. The van der Waals surface area contributed by atoms with Gasteiger partial charge in [0.1, 0.15) is 5.52 Å². The van der Waals surface area contributed by atoms with Gasteiger partial charge in [0.2, 0.25) is 5.95 Å². The number of nitrogens with two attached hydrogens (primary N) is 1. The minimum Gasteiger partial charge on any atom is -0.369 e. The van der Waals surface area contributed by atoms with E-state index in [-0.39, 0.29) is 0 Å². The standard InChI is InChI=1S/C14H21N5/c1-11(18-7-3-2-4-8-18)10-19-13-5-6-16-9-12(13)17-14(19)15/h5-6,9,11H,2-4,7-8,10H2,1H3,(H2,15,17). The van der Waals surface area contributed by atoms with Gasteiger partial charge in [-0.3, -0.25) is 9.88 Å². The van der Waals surface area contributed by atoms with Gasteiger partial charge in [0.15, 0.2) is 0 Å². The molecule has 5 heteroatoms. The molecule has 0 saturated carbocycles. The Labute approximate surface area is 113 Å². The lowest BCUT2D eigenvalue weighted by molar-refractivity contribution is 0.161. The molecule has 1 atom stereocenters. The molecule has 1 fully saturated rings. The number of anilines is 1. The fraction of sp³-hybridized carbons (Fsp3) is 0.571. The molecule has 0 aliphatic carbocycles. The Kier molecular flexibility index (Phi) is 3.38. The molecule has 1 aliphatic heterocycles. The highest BCUT2D eigenvalue weighted by molar-refractivity contribution is 5.77. The summed E-state index contributed by atoms with van der Waals surface area (Å²) in [6.45, 7) is 5.58. The van der Waals surface area contributed by atoms with Crippen molar-refractivity contribution in [2.75, 3.05) is 18.8 Å². The van der Waals surface area contributed by atoms with E-state index in [1.807, 2.05) is 6.07 Å². The molecule has 1 aliphatic rings. The van der Waals surface area contributed by atoms with Crippen LogP contribution >= 0.6 is 0 Å². The van der Waals surface area contributed by atoms with E-state index in [1.54, 1.807) is 12.4 Å². The molecule has 2 N–H and O–H groups in total. The first-order valence-corrected chi connectivity index (χ1v) is 7.05. The van der Waals surface area contributed by atoms with Gasteiger partial charge in [-0.15, -0.1) is 0 Å². The lowest BCUT2D eigenvalue weighted by atomic mass is 10.1. The number of nitrogens with zero attached hydrogens (tertiary/aromatic N) is 4. The fourth-order valence-electron chi connectivity index (χ4n) is 2.93. The van der Waals surface area contributed by atoms with Crippen LogP contribution in [0.2, 0.25) is 0 Å². The van der Waals surface area contributed by atoms with Crippen LogP contribution < -0.4 is 5.73 Å². The largest absolute Gasteiger partial charge is 0.369 e. The first-order chi connectivity index (χ1) is 9.25. The molecule has 2 aromatic rings. The average Bonchev–Trinajstić information content (AvgIpc) is 2.76. The number of imidazole rings is 1. The van der Waals surface area contributed by atoms with Gasteiger partial charge in [0.25, 0.3) is 0 Å². The predicted octanol–water partition coefficient (Wildman–Crippen LogP) is 1.89. The molecule has 0 bridgehead atoms. The van der Waals surface area contributed by atoms with E-state index in [9.17, 15) is 0 Å². The lowest BCUT2D eigenvalue weighted by Crippen LogP contribution is -2.39. The van der Waals surface area contributed by atoms with Gasteiger partial charge in [0.05, 0.1) is 11.7 Å². The maximum absolute atomic E-state index is 6.04. The van der Waals surface area contributed by atoms with Crippen molar-refractivity contribution in [3.63, 3.8) is 0 Å². The van der Waals surface area contributed by atoms with Crippen LogP contribution in [-0.2, 0) is 6.54 Å². The molecule has 102 valence electrons. The van der Waals surface area contributed by atoms with E-state index in [2.05, 4.69) is 26.4 Å². The van der Waals surface area contributed by atoms with Crippen LogP contribution in [0.4, 0.5) is 5.95 Å². The van der Waals surface area contributed by atoms with Crippen molar-refractivity contribution in [2.24, 2.45) is 0 Å². The van der Waals surface area contributed by atoms with E-state index >= 15 is 0 Å². The first-order valence-electron chi connectivity index (χ1n) is 7.05. The number of piperidine rings is 1. The summed E-state index contributed by atoms with van der Waals surface area (Å²) in [7, 11) is 0. The maximum Gasteiger partial charge on any atom is 0.201 e. The highest BCUT2D eigenvalue weighted by Crippen LogP contribution is 2.19. The normalized spacial score (nSPS) is 18.8. The molecule has 2 aromatic heterocycles. The number of nitrogen functional groups attached to an aromatic ring is 1. The van der Waals surface area contributed by atoms with Crippen LogP contribution in [0.5, 0.6) is 0 Å². The SMILES string of the molecule is CC(Cn1c(N)nc2cnccc21)N1CCCCC1. The van der Waals surface area contributed by atoms with E-state index in [4.69, 9.17) is 5.73 Å². The third-order valence-corrected chi connectivity index (χ3v) is 4.04. The van der Waals surface area contributed by atoms with Crippen LogP contribution in [0.1, 0.15) is 26.2 Å². The fourth-order valence-corrected chi connectivity index (χ4v) is 2.93. The summed E-state index contributed by atoms with van der Waals surface area (Å²) in [6.07, 6.45) is 7.56. The van der Waals surface area contributed by atoms with Crippen molar-refractivity contribution < 1.29 is 0 Å². The van der Waals surface area contributed by atoms with Crippen LogP contribution in [0.15, 0.2) is 18.5 Å². The van der Waals surface area contributed by atoms with Crippen LogP contribution in [0, 0.1) is 0 Å². The molecule has 0 aromatic carbocycles. The summed E-state index contributed by atoms with van der Waals surface area (Å²) in [5.74, 6) is 0.590. The summed E-state index contributed by atoms with van der Waals surface area (Å²) < 4.78 is 2.11. The number of hydrogen-bond donors (Lipinski definition) is 1. The minimum atomic E-state index is 0.494. The summed E-state index contributed by atoms with van der Waals surface area (Å²) in [6, 6.07) is 2.48. The number of aromatic nitrogens is 3. The van der Waals surface area contributed by atoms with Gasteiger partial charge < -0.3 is 10.3 Å². The van der Waals surface area contributed by atoms with Crippen molar-refractivity contribution in [3.05, 3.63) is 18.5 Å². The van der Waals surface area contributed by atoms with E-state index in [1.165, 1.54) is 32.4 Å². The van der Waals surface area contributed by atoms with Crippen molar-refractivity contribution in [1.29, 1.82) is 0 Å². The topological polar surface area (TPSA) is 60.0 Å². The van der Waals surface area contributed by atoms with Crippen LogP contribution in [0.3, 0.4) is 0 Å². The monoisotopic (exact) mass is 259 g/mol. The molecule has 5 nitrogen and oxygen atoms in total. The van der Waals surface area contributed by atoms with Gasteiger partial charge in [0, 0.05) is 18.8 Å². The minimum absolute atomic E-state index is 0.494. The zero-order chi connectivity index (χ0) is 13.2. The van der Waals surface area contributed by atoms with E-state index in [0.717, 1.165) is 17.6 Å². The van der Waals surface area contributed by atoms with E-state index in [0.29, 0.717) is 12.0 Å². The molecule has 3 rings (SSSR count). The number of fused-ring (bicyclic) bond motifs is 1. The number of pyridine rings is 1. The van der Waals surface area contributed by atoms with Gasteiger partial charge >= 0.3 is 0 Å². The molecule has 1 saturated heterocycles. The Morgan fingerprint density at radius 1 is 1.32 bits per heavy atom. The molecular formula is C14H21N5. The van der Waals surface area contributed by atoms with Crippen molar-refractivity contribution >= 4 is 17.0 Å². The lowest BCUT2D eigenvalue weighted by Gasteiger charge is -2.32. The quantitative estimate of drug-likeness (QED) is 0.914. The number of hydrogen-bond acceptors (Lipinski definition) is 4. The van der Waals surface area contributed by atoms with Gasteiger partial charge in [-0.2, -0.15) is 0 Å². The average molecular weight is 259 g/mol. The highest BCUT2D eigenvalue weighted by atomic mass is 15.2. The Morgan fingerprint density at radius 3 is 2.89 bits per heavy atom. The van der Waals surface area contributed by atoms with Crippen molar-refractivity contribution in [1.82, 2.24) is 19.4 Å². The van der Waals surface area contributed by atoms with Crippen LogP contribution in [-0.4, -0.2) is 38.6 Å². The molecule has 3 heterocycles. The van der Waals surface area contributed by atoms with Gasteiger partial charge in [-0.25, -0.2) is 4.98 Å². The Morgan fingerprint density at radius 2 is 2.11 bits per heavy atom. The summed E-state index contributed by atoms with van der Waals surface area (Å²) in [5.41, 5.74) is 8.00. The zero-order valence-electron chi connectivity index (χ0n) is 11.4. The van der Waals surface area contributed by atoms with Gasteiger partial charge in [-0.1, -0.05) is 6.42 Å². The summed E-state index contributed by atoms with van der Waals surface area (Å²) in [4.78, 5) is 11.0. The second-order valence-electron chi connectivity index (χ2n) is 5.39. The van der Waals surface area contributed by atoms with Crippen molar-refractivity contribution in [3.8, 4) is 0 Å². The third kappa shape index (κ3) is 2.42. The number of likely N-dealkylation sites (tertiary alicyclic amines) is 1. The smallest absolute Gasteiger partial charge is 0.201 e. The highest BCUT2D eigenvalue weighted by Gasteiger charge is 2.19. The molecule has 0 spiro atoms. The molecular weight excluding hydrogens is 238 g/mol. The number of rotatable bonds is 3.